The second-order valence-electron chi connectivity index (χ2n) is 10.9. The Kier molecular flexibility index (Phi) is 10.2. The van der Waals surface area contributed by atoms with Crippen LogP contribution >= 0.6 is 0 Å². The van der Waals surface area contributed by atoms with Crippen molar-refractivity contribution >= 4 is 48.5 Å². The average molecular weight is 497 g/mol. The predicted octanol–water partition coefficient (Wildman–Crippen LogP) is 5.98. The number of carbonyl (C=O) groups excluding carboxylic acids is 1. The third-order valence-electron chi connectivity index (χ3n) is 3.61. The van der Waals surface area contributed by atoms with E-state index in [0.717, 1.165) is 0 Å². The van der Waals surface area contributed by atoms with Gasteiger partial charge in [-0.05, 0) is 58.9 Å². The van der Waals surface area contributed by atoms with E-state index < -0.39 is 48.5 Å². The van der Waals surface area contributed by atoms with Gasteiger partial charge in [-0.2, -0.15) is 0 Å². The summed E-state index contributed by atoms with van der Waals surface area (Å²) in [5.41, 5.74) is -0.0297. The van der Waals surface area contributed by atoms with Crippen molar-refractivity contribution in [1.82, 2.24) is 0 Å². The molecule has 0 bridgehead atoms. The van der Waals surface area contributed by atoms with Crippen LogP contribution in [0.3, 0.4) is 0 Å². The molecule has 0 saturated heterocycles. The molecule has 0 aromatic rings. The van der Waals surface area contributed by atoms with Gasteiger partial charge in [0, 0.05) is 17.2 Å². The van der Waals surface area contributed by atoms with E-state index in [2.05, 4.69) is 65.5 Å². The largest absolute Gasteiger partial charge is 0.639 e. The molecule has 0 aromatic heterocycles. The first-order valence-corrected chi connectivity index (χ1v) is 24.2. The van der Waals surface area contributed by atoms with Crippen molar-refractivity contribution in [2.75, 3.05) is 0 Å². The molecule has 0 saturated carbocycles. The molecule has 0 amide bonds. The van der Waals surface area contributed by atoms with Gasteiger partial charge in [0.25, 0.3) is 0 Å². The Bertz CT molecular complexity index is 512. The lowest BCUT2D eigenvalue weighted by atomic mass is 10.5. The van der Waals surface area contributed by atoms with Gasteiger partial charge in [-0.1, -0.05) is 34.3 Å². The van der Waals surface area contributed by atoms with Crippen LogP contribution in [0.25, 0.3) is 0 Å². The lowest BCUT2D eigenvalue weighted by Crippen LogP contribution is -2.68. The maximum Gasteiger partial charge on any atom is 0.639 e. The highest BCUT2D eigenvalue weighted by Crippen LogP contribution is 2.40. The van der Waals surface area contributed by atoms with E-state index in [-0.39, 0.29) is 11.1 Å². The van der Waals surface area contributed by atoms with Crippen LogP contribution in [0.2, 0.25) is 70.0 Å². The third kappa shape index (κ3) is 10.3. The summed E-state index contributed by atoms with van der Waals surface area (Å²) in [5, 5.41) is 0. The molecule has 0 aliphatic rings. The van der Waals surface area contributed by atoms with E-state index in [9.17, 15) is 4.79 Å². The second kappa shape index (κ2) is 10.2. The molecule has 0 aliphatic heterocycles. The fraction of sp³-hybridized carbons (Fsp3) is 0.833. The summed E-state index contributed by atoms with van der Waals surface area (Å²) in [5.74, 6) is -0.476. The summed E-state index contributed by atoms with van der Waals surface area (Å²) in [6, 6.07) is 0. The zero-order valence-electron chi connectivity index (χ0n) is 20.9. The molecule has 0 spiro atoms. The fourth-order valence-electron chi connectivity index (χ4n) is 2.80. The highest BCUT2D eigenvalue weighted by molar-refractivity contribution is 6.91. The lowest BCUT2D eigenvalue weighted by molar-refractivity contribution is -0.131. The summed E-state index contributed by atoms with van der Waals surface area (Å²) in [6.45, 7) is 30.6. The van der Waals surface area contributed by atoms with Gasteiger partial charge >= 0.3 is 23.6 Å². The SMILES string of the molecule is C=CC(=O)O[Si](O[Si](O[Si](C)(C)C)(O[Si](C)(C)C)O[Si](C)(C)C)(C(C)C)C(C)C. The Morgan fingerprint density at radius 2 is 1.00 bits per heavy atom. The molecular formula is C18H44O6Si5. The minimum atomic E-state index is -3.61. The predicted molar refractivity (Wildman–Crippen MR) is 132 cm³/mol. The molecule has 0 unspecified atom stereocenters. The highest BCUT2D eigenvalue weighted by atomic mass is 28.5. The average Bonchev–Trinajstić information content (AvgIpc) is 2.39. The van der Waals surface area contributed by atoms with Crippen molar-refractivity contribution in [3.63, 3.8) is 0 Å². The molecule has 0 aromatic carbocycles. The van der Waals surface area contributed by atoms with Gasteiger partial charge < -0.3 is 20.9 Å². The van der Waals surface area contributed by atoms with Crippen molar-refractivity contribution in [3.05, 3.63) is 12.7 Å². The molecule has 0 atom stereocenters. The first-order valence-electron chi connectivity index (χ1n) is 10.3. The number of carbonyl (C=O) groups is 1. The van der Waals surface area contributed by atoms with Gasteiger partial charge in [0.2, 0.25) is 0 Å². The van der Waals surface area contributed by atoms with E-state index in [0.29, 0.717) is 0 Å². The Balaban J connectivity index is 6.68. The Morgan fingerprint density at radius 3 is 1.21 bits per heavy atom. The molecule has 0 rings (SSSR count). The summed E-state index contributed by atoms with van der Waals surface area (Å²) >= 11 is 0. The van der Waals surface area contributed by atoms with Crippen LogP contribution in [0.4, 0.5) is 0 Å². The minimum Gasteiger partial charge on any atom is -0.491 e. The van der Waals surface area contributed by atoms with Crippen LogP contribution in [-0.2, 0) is 25.7 Å². The minimum absolute atomic E-state index is 0.0148. The van der Waals surface area contributed by atoms with E-state index in [1.807, 2.05) is 27.7 Å². The van der Waals surface area contributed by atoms with Crippen molar-refractivity contribution in [2.24, 2.45) is 0 Å². The number of hydrogen-bond donors (Lipinski definition) is 0. The Hall–Kier alpha value is 0.134. The Morgan fingerprint density at radius 1 is 0.690 bits per heavy atom. The van der Waals surface area contributed by atoms with E-state index in [1.165, 1.54) is 6.08 Å². The molecule has 0 N–H and O–H groups in total. The zero-order chi connectivity index (χ0) is 23.5. The summed E-state index contributed by atoms with van der Waals surface area (Å²) < 4.78 is 32.8. The molecule has 0 aliphatic carbocycles. The number of rotatable bonds is 12. The van der Waals surface area contributed by atoms with Crippen LogP contribution < -0.4 is 0 Å². The molecule has 0 fully saturated rings. The molecule has 29 heavy (non-hydrogen) atoms. The van der Waals surface area contributed by atoms with Gasteiger partial charge in [0.1, 0.15) is 0 Å². The monoisotopic (exact) mass is 496 g/mol. The van der Waals surface area contributed by atoms with Crippen molar-refractivity contribution < 1.29 is 25.7 Å². The third-order valence-corrected chi connectivity index (χ3v) is 20.0. The first kappa shape index (κ1) is 29.1. The Labute approximate surface area is 184 Å². The second-order valence-corrected chi connectivity index (χ2v) is 31.8. The normalized spacial score (nSPS) is 14.4. The van der Waals surface area contributed by atoms with Crippen molar-refractivity contribution in [3.8, 4) is 0 Å². The van der Waals surface area contributed by atoms with Crippen LogP contribution in [0, 0.1) is 0 Å². The molecular weight excluding hydrogens is 453 g/mol. The summed E-state index contributed by atoms with van der Waals surface area (Å²) in [6.07, 6.45) is 1.19. The first-order chi connectivity index (χ1) is 12.7. The van der Waals surface area contributed by atoms with Gasteiger partial charge in [-0.15, -0.1) is 0 Å². The summed E-state index contributed by atoms with van der Waals surface area (Å²) in [4.78, 5) is 12.3. The van der Waals surface area contributed by atoms with E-state index in [4.69, 9.17) is 20.9 Å². The molecule has 172 valence electrons. The quantitative estimate of drug-likeness (QED) is 0.244. The van der Waals surface area contributed by atoms with Crippen molar-refractivity contribution in [2.45, 2.75) is 97.7 Å². The lowest BCUT2D eigenvalue weighted by Gasteiger charge is -2.47. The van der Waals surface area contributed by atoms with Crippen LogP contribution in [-0.4, -0.2) is 48.5 Å². The van der Waals surface area contributed by atoms with Crippen LogP contribution in [0.1, 0.15) is 27.7 Å². The van der Waals surface area contributed by atoms with E-state index in [1.54, 1.807) is 0 Å². The van der Waals surface area contributed by atoms with Gasteiger partial charge in [-0.3, -0.25) is 0 Å². The molecule has 0 heterocycles. The maximum absolute atomic E-state index is 12.3. The summed E-state index contributed by atoms with van der Waals surface area (Å²) in [7, 11) is -13.1. The maximum atomic E-state index is 12.3. The van der Waals surface area contributed by atoms with Crippen LogP contribution in [0.15, 0.2) is 12.7 Å². The smallest absolute Gasteiger partial charge is 0.491 e. The molecule has 6 nitrogen and oxygen atoms in total. The number of hydrogen-bond acceptors (Lipinski definition) is 6. The zero-order valence-corrected chi connectivity index (χ0v) is 25.9. The van der Waals surface area contributed by atoms with Gasteiger partial charge in [0.15, 0.2) is 25.0 Å². The van der Waals surface area contributed by atoms with Crippen molar-refractivity contribution in [1.29, 1.82) is 0 Å². The van der Waals surface area contributed by atoms with Gasteiger partial charge in [-0.25, -0.2) is 4.79 Å². The standard InChI is InChI=1S/C18H44O6Si5/c1-15-18(19)20-28(16(2)3,17(4)5)24-29(21-25(6,7)8,22-26(9,10)11)23-27(12,13)14/h15-17H,1H2,2-14H3. The molecule has 0 radical (unpaired) electrons. The van der Waals surface area contributed by atoms with Crippen LogP contribution in [0.5, 0.6) is 0 Å². The fourth-order valence-corrected chi connectivity index (χ4v) is 20.9. The topological polar surface area (TPSA) is 63.2 Å². The molecule has 11 heteroatoms. The van der Waals surface area contributed by atoms with Gasteiger partial charge in [0.05, 0.1) is 0 Å². The highest BCUT2D eigenvalue weighted by Gasteiger charge is 2.62. The van der Waals surface area contributed by atoms with E-state index >= 15 is 0 Å².